The molecule has 0 atom stereocenters. The van der Waals surface area contributed by atoms with Crippen molar-refractivity contribution in [1.29, 1.82) is 0 Å². The summed E-state index contributed by atoms with van der Waals surface area (Å²) >= 11 is 18.6. The number of halogens is 4. The van der Waals surface area contributed by atoms with E-state index in [0.717, 1.165) is 8.95 Å². The summed E-state index contributed by atoms with van der Waals surface area (Å²) in [6.45, 7) is -0.166. The van der Waals surface area contributed by atoms with E-state index in [2.05, 4.69) is 42.4 Å². The first-order valence-electron chi connectivity index (χ1n) is 6.31. The Labute approximate surface area is 160 Å². The van der Waals surface area contributed by atoms with Crippen molar-refractivity contribution in [3.05, 3.63) is 61.0 Å². The van der Waals surface area contributed by atoms with E-state index in [1.54, 1.807) is 24.3 Å². The minimum atomic E-state index is -0.394. The molecule has 0 bridgehead atoms. The first kappa shape index (κ1) is 18.3. The summed E-state index contributed by atoms with van der Waals surface area (Å²) in [5.74, 6) is 0.166. The Bertz CT molecular complexity index is 754. The number of ether oxygens (including phenoxy) is 1. The van der Waals surface area contributed by atoms with Gasteiger partial charge < -0.3 is 4.74 Å². The minimum Gasteiger partial charge on any atom is -0.483 e. The van der Waals surface area contributed by atoms with E-state index in [0.29, 0.717) is 21.4 Å². The maximum absolute atomic E-state index is 11.7. The van der Waals surface area contributed by atoms with Gasteiger partial charge in [0.1, 0.15) is 5.75 Å². The average molecular weight is 481 g/mol. The Morgan fingerprint density at radius 3 is 2.78 bits per heavy atom. The maximum atomic E-state index is 11.7. The van der Waals surface area contributed by atoms with Crippen LogP contribution in [-0.2, 0) is 4.79 Å². The number of hydrogen-bond donors (Lipinski definition) is 1. The molecule has 120 valence electrons. The van der Waals surface area contributed by atoms with E-state index < -0.39 is 5.91 Å². The predicted octanol–water partition coefficient (Wildman–Crippen LogP) is 5.05. The third kappa shape index (κ3) is 5.49. The molecule has 8 heteroatoms. The number of hydrazone groups is 1. The largest absolute Gasteiger partial charge is 0.483 e. The van der Waals surface area contributed by atoms with Crippen molar-refractivity contribution in [2.75, 3.05) is 6.61 Å². The molecule has 2 aromatic carbocycles. The zero-order chi connectivity index (χ0) is 16.8. The topological polar surface area (TPSA) is 50.7 Å². The maximum Gasteiger partial charge on any atom is 0.277 e. The summed E-state index contributed by atoms with van der Waals surface area (Å²) in [6, 6.07) is 10.5. The number of nitrogens with one attached hydrogen (secondary N) is 1. The highest BCUT2D eigenvalue weighted by Gasteiger charge is 2.06. The van der Waals surface area contributed by atoms with Crippen molar-refractivity contribution in [2.45, 2.75) is 0 Å². The number of carbonyl (C=O) groups is 1. The number of nitrogens with zero attached hydrogens (tertiary/aromatic N) is 1. The summed E-state index contributed by atoms with van der Waals surface area (Å²) in [5.41, 5.74) is 2.97. The Morgan fingerprint density at radius 1 is 1.26 bits per heavy atom. The molecule has 0 heterocycles. The Kier molecular flexibility index (Phi) is 6.89. The van der Waals surface area contributed by atoms with Crippen molar-refractivity contribution >= 4 is 67.2 Å². The molecule has 0 fully saturated rings. The van der Waals surface area contributed by atoms with Crippen molar-refractivity contribution in [3.8, 4) is 5.75 Å². The quantitative estimate of drug-likeness (QED) is 0.481. The first-order valence-corrected chi connectivity index (χ1v) is 8.65. The van der Waals surface area contributed by atoms with E-state index in [1.165, 1.54) is 6.21 Å². The fourth-order valence-corrected chi connectivity index (χ4v) is 3.08. The third-order valence-corrected chi connectivity index (χ3v) is 4.57. The van der Waals surface area contributed by atoms with Crippen LogP contribution in [0.2, 0.25) is 10.0 Å². The van der Waals surface area contributed by atoms with Gasteiger partial charge in [-0.05, 0) is 40.2 Å². The molecule has 0 aliphatic rings. The number of benzene rings is 2. The molecule has 0 saturated carbocycles. The second-order valence-electron chi connectivity index (χ2n) is 4.30. The van der Waals surface area contributed by atoms with Crippen LogP contribution in [0.3, 0.4) is 0 Å². The van der Waals surface area contributed by atoms with E-state index in [-0.39, 0.29) is 6.61 Å². The highest BCUT2D eigenvalue weighted by molar-refractivity contribution is 9.11. The molecule has 0 spiro atoms. The molecule has 1 N–H and O–H groups in total. The van der Waals surface area contributed by atoms with Crippen LogP contribution in [0.5, 0.6) is 5.75 Å². The molecule has 4 nitrogen and oxygen atoms in total. The minimum absolute atomic E-state index is 0.166. The van der Waals surface area contributed by atoms with Gasteiger partial charge in [0.15, 0.2) is 6.61 Å². The number of amides is 1. The van der Waals surface area contributed by atoms with Crippen molar-refractivity contribution in [3.63, 3.8) is 0 Å². The van der Waals surface area contributed by atoms with Gasteiger partial charge >= 0.3 is 0 Å². The van der Waals surface area contributed by atoms with E-state index in [4.69, 9.17) is 27.9 Å². The highest BCUT2D eigenvalue weighted by atomic mass is 79.9. The lowest BCUT2D eigenvalue weighted by atomic mass is 10.2. The molecule has 0 aliphatic heterocycles. The Balaban J connectivity index is 1.87. The smallest absolute Gasteiger partial charge is 0.277 e. The van der Waals surface area contributed by atoms with Gasteiger partial charge in [0.25, 0.3) is 5.91 Å². The van der Waals surface area contributed by atoms with Gasteiger partial charge in [-0.15, -0.1) is 0 Å². The lowest BCUT2D eigenvalue weighted by Crippen LogP contribution is -2.24. The van der Waals surface area contributed by atoms with Gasteiger partial charge in [-0.25, -0.2) is 5.43 Å². The predicted molar refractivity (Wildman–Crippen MR) is 99.5 cm³/mol. The van der Waals surface area contributed by atoms with Crippen molar-refractivity contribution < 1.29 is 9.53 Å². The van der Waals surface area contributed by atoms with Gasteiger partial charge in [0, 0.05) is 10.0 Å². The second kappa shape index (κ2) is 8.68. The molecule has 0 unspecified atom stereocenters. The average Bonchev–Trinajstić information content (AvgIpc) is 2.50. The molecule has 2 aromatic rings. The summed E-state index contributed by atoms with van der Waals surface area (Å²) < 4.78 is 7.05. The lowest BCUT2D eigenvalue weighted by Gasteiger charge is -2.07. The van der Waals surface area contributed by atoms with Crippen LogP contribution in [0.4, 0.5) is 0 Å². The molecular weight excluding hydrogens is 471 g/mol. The molecule has 1 amide bonds. The highest BCUT2D eigenvalue weighted by Crippen LogP contribution is 2.28. The van der Waals surface area contributed by atoms with E-state index >= 15 is 0 Å². The van der Waals surface area contributed by atoms with Crippen LogP contribution in [-0.4, -0.2) is 18.7 Å². The van der Waals surface area contributed by atoms with Gasteiger partial charge in [-0.2, -0.15) is 5.10 Å². The molecule has 0 saturated heterocycles. The van der Waals surface area contributed by atoms with Gasteiger partial charge in [-0.1, -0.05) is 51.3 Å². The summed E-state index contributed by atoms with van der Waals surface area (Å²) in [5, 5.41) is 4.62. The van der Waals surface area contributed by atoms with E-state index in [9.17, 15) is 4.79 Å². The van der Waals surface area contributed by atoms with E-state index in [1.807, 2.05) is 12.1 Å². The lowest BCUT2D eigenvalue weighted by molar-refractivity contribution is -0.123. The fraction of sp³-hybridized carbons (Fsp3) is 0.0667. The summed E-state index contributed by atoms with van der Waals surface area (Å²) in [6.07, 6.45) is 1.42. The van der Waals surface area contributed by atoms with Crippen LogP contribution in [0.15, 0.2) is 50.4 Å². The number of rotatable bonds is 5. The first-order chi connectivity index (χ1) is 11.0. The zero-order valence-corrected chi connectivity index (χ0v) is 16.2. The number of carbonyl (C=O) groups excluding carboxylic acids is 1. The fourth-order valence-electron chi connectivity index (χ4n) is 1.56. The Hall–Kier alpha value is -1.08. The van der Waals surface area contributed by atoms with Crippen LogP contribution in [0.1, 0.15) is 5.56 Å². The van der Waals surface area contributed by atoms with Gasteiger partial charge in [-0.3, -0.25) is 4.79 Å². The molecule has 0 radical (unpaired) electrons. The molecule has 23 heavy (non-hydrogen) atoms. The molecule has 2 rings (SSSR count). The zero-order valence-electron chi connectivity index (χ0n) is 11.5. The normalized spacial score (nSPS) is 10.8. The number of hydrogen-bond acceptors (Lipinski definition) is 3. The van der Waals surface area contributed by atoms with Crippen LogP contribution in [0.25, 0.3) is 0 Å². The summed E-state index contributed by atoms with van der Waals surface area (Å²) in [7, 11) is 0. The second-order valence-corrected chi connectivity index (χ2v) is 6.85. The van der Waals surface area contributed by atoms with Crippen LogP contribution >= 0.6 is 55.1 Å². The standard InChI is InChI=1S/C15H10Br2Cl2N2O2/c16-10-4-5-13(11(17)6-10)23-8-14(22)21-20-7-9-2-1-3-12(18)15(9)19/h1-7H,8H2,(H,21,22). The SMILES string of the molecule is O=C(COc1ccc(Br)cc1Br)NN=Cc1cccc(Cl)c1Cl. The molecular formula is C15H10Br2Cl2N2O2. The van der Waals surface area contributed by atoms with Gasteiger partial charge in [0.05, 0.1) is 20.7 Å². The van der Waals surface area contributed by atoms with Crippen molar-refractivity contribution in [2.24, 2.45) is 5.10 Å². The monoisotopic (exact) mass is 478 g/mol. The van der Waals surface area contributed by atoms with Crippen molar-refractivity contribution in [1.82, 2.24) is 5.43 Å². The Morgan fingerprint density at radius 2 is 2.04 bits per heavy atom. The molecule has 0 aliphatic carbocycles. The van der Waals surface area contributed by atoms with Gasteiger partial charge in [0.2, 0.25) is 0 Å². The summed E-state index contributed by atoms with van der Waals surface area (Å²) in [4.78, 5) is 11.7. The third-order valence-electron chi connectivity index (χ3n) is 2.63. The molecule has 0 aromatic heterocycles. The van der Waals surface area contributed by atoms with Crippen LogP contribution in [0, 0.1) is 0 Å². The van der Waals surface area contributed by atoms with Crippen LogP contribution < -0.4 is 10.2 Å².